The Labute approximate surface area is 107 Å². The van der Waals surface area contributed by atoms with E-state index in [-0.39, 0.29) is 0 Å². The molecule has 0 aromatic rings. The van der Waals surface area contributed by atoms with Crippen LogP contribution in [-0.2, 0) is 0 Å². The molecule has 0 spiro atoms. The lowest BCUT2D eigenvalue weighted by molar-refractivity contribution is 0.110. The van der Waals surface area contributed by atoms with E-state index in [0.717, 1.165) is 23.9 Å². The molecule has 0 amide bonds. The van der Waals surface area contributed by atoms with Gasteiger partial charge < -0.3 is 5.32 Å². The van der Waals surface area contributed by atoms with Gasteiger partial charge in [0.05, 0.1) is 0 Å². The van der Waals surface area contributed by atoms with Gasteiger partial charge in [0, 0.05) is 31.7 Å². The number of nitrogens with one attached hydrogen (secondary N) is 1. The van der Waals surface area contributed by atoms with Crippen LogP contribution in [0.3, 0.4) is 0 Å². The first kappa shape index (κ1) is 13.4. The molecule has 1 aliphatic carbocycles. The second-order valence-corrected chi connectivity index (χ2v) is 6.11. The van der Waals surface area contributed by atoms with E-state index in [2.05, 4.69) is 31.0 Å². The van der Waals surface area contributed by atoms with Gasteiger partial charge in [-0.2, -0.15) is 0 Å². The average Bonchev–Trinajstić information content (AvgIpc) is 2.71. The van der Waals surface area contributed by atoms with E-state index in [4.69, 9.17) is 0 Å². The van der Waals surface area contributed by atoms with Crippen LogP contribution in [0.4, 0.5) is 0 Å². The Bertz CT molecular complexity index is 227. The number of nitrogens with zero attached hydrogens (tertiary/aromatic N) is 1. The van der Waals surface area contributed by atoms with Gasteiger partial charge in [-0.1, -0.05) is 33.6 Å². The maximum Gasteiger partial charge on any atom is 0.0195 e. The molecule has 2 nitrogen and oxygen atoms in total. The van der Waals surface area contributed by atoms with Crippen molar-refractivity contribution >= 4 is 0 Å². The summed E-state index contributed by atoms with van der Waals surface area (Å²) in [5.41, 5.74) is 0. The summed E-state index contributed by atoms with van der Waals surface area (Å²) in [6.07, 6.45) is 6.93. The highest BCUT2D eigenvalue weighted by molar-refractivity contribution is 4.91. The normalized spacial score (nSPS) is 39.7. The molecule has 1 saturated heterocycles. The smallest absolute Gasteiger partial charge is 0.0195 e. The largest absolute Gasteiger partial charge is 0.311 e. The molecule has 4 atom stereocenters. The van der Waals surface area contributed by atoms with Crippen LogP contribution < -0.4 is 5.32 Å². The molecule has 2 rings (SSSR count). The third-order valence-corrected chi connectivity index (χ3v) is 5.10. The zero-order valence-electron chi connectivity index (χ0n) is 11.9. The van der Waals surface area contributed by atoms with Crippen LogP contribution in [-0.4, -0.2) is 36.6 Å². The Hall–Kier alpha value is -0.0800. The fourth-order valence-corrected chi connectivity index (χ4v) is 4.01. The molecule has 0 aromatic heterocycles. The van der Waals surface area contributed by atoms with Crippen molar-refractivity contribution in [2.45, 2.75) is 65.0 Å². The molecule has 0 bridgehead atoms. The monoisotopic (exact) mass is 238 g/mol. The lowest BCUT2D eigenvalue weighted by Crippen LogP contribution is -2.54. The van der Waals surface area contributed by atoms with Gasteiger partial charge in [0.1, 0.15) is 0 Å². The van der Waals surface area contributed by atoms with Gasteiger partial charge >= 0.3 is 0 Å². The zero-order chi connectivity index (χ0) is 12.3. The van der Waals surface area contributed by atoms with E-state index >= 15 is 0 Å². The fraction of sp³-hybridized carbons (Fsp3) is 1.00. The Kier molecular flexibility index (Phi) is 4.87. The van der Waals surface area contributed by atoms with Crippen LogP contribution in [0.1, 0.15) is 52.9 Å². The van der Waals surface area contributed by atoms with Crippen LogP contribution in [0.25, 0.3) is 0 Å². The number of hydrogen-bond donors (Lipinski definition) is 1. The van der Waals surface area contributed by atoms with E-state index in [1.54, 1.807) is 0 Å². The number of piperazine rings is 1. The van der Waals surface area contributed by atoms with E-state index in [9.17, 15) is 0 Å². The molecular formula is C15H30N2. The standard InChI is InChI=1S/C15H30N2/c1-4-6-14-11-17(10-9-16-14)15-8-7-13(5-2)12(15)3/h12-16H,4-11H2,1-3H3. The van der Waals surface area contributed by atoms with E-state index in [1.807, 2.05) is 0 Å². The van der Waals surface area contributed by atoms with Crippen molar-refractivity contribution in [2.24, 2.45) is 11.8 Å². The minimum atomic E-state index is 0.752. The van der Waals surface area contributed by atoms with Gasteiger partial charge in [-0.25, -0.2) is 0 Å². The van der Waals surface area contributed by atoms with Gasteiger partial charge in [-0.3, -0.25) is 4.90 Å². The van der Waals surface area contributed by atoms with Gasteiger partial charge in [0.15, 0.2) is 0 Å². The Balaban J connectivity index is 1.89. The molecule has 0 aromatic carbocycles. The molecule has 100 valence electrons. The van der Waals surface area contributed by atoms with Gasteiger partial charge in [-0.05, 0) is 31.1 Å². The van der Waals surface area contributed by atoms with Gasteiger partial charge in [-0.15, -0.1) is 0 Å². The van der Waals surface area contributed by atoms with Crippen LogP contribution in [0, 0.1) is 11.8 Å². The van der Waals surface area contributed by atoms with Crippen molar-refractivity contribution in [3.63, 3.8) is 0 Å². The number of rotatable bonds is 4. The molecule has 2 heteroatoms. The highest BCUT2D eigenvalue weighted by Gasteiger charge is 2.36. The first-order valence-electron chi connectivity index (χ1n) is 7.73. The first-order valence-corrected chi connectivity index (χ1v) is 7.73. The summed E-state index contributed by atoms with van der Waals surface area (Å²) in [7, 11) is 0. The average molecular weight is 238 g/mol. The van der Waals surface area contributed by atoms with E-state index < -0.39 is 0 Å². The second kappa shape index (κ2) is 6.19. The minimum absolute atomic E-state index is 0.752. The predicted octanol–water partition coefficient (Wildman–Crippen LogP) is 2.89. The lowest BCUT2D eigenvalue weighted by atomic mass is 9.92. The quantitative estimate of drug-likeness (QED) is 0.810. The van der Waals surface area contributed by atoms with E-state index in [0.29, 0.717) is 0 Å². The fourth-order valence-electron chi connectivity index (χ4n) is 4.01. The Morgan fingerprint density at radius 1 is 1.24 bits per heavy atom. The summed E-state index contributed by atoms with van der Waals surface area (Å²) >= 11 is 0. The molecule has 0 radical (unpaired) electrons. The molecule has 2 fully saturated rings. The molecular weight excluding hydrogens is 208 g/mol. The maximum atomic E-state index is 3.67. The van der Waals surface area contributed by atoms with Crippen molar-refractivity contribution in [3.8, 4) is 0 Å². The van der Waals surface area contributed by atoms with Gasteiger partial charge in [0.2, 0.25) is 0 Å². The summed E-state index contributed by atoms with van der Waals surface area (Å²) in [4.78, 5) is 2.79. The highest BCUT2D eigenvalue weighted by Crippen LogP contribution is 2.37. The zero-order valence-corrected chi connectivity index (χ0v) is 11.9. The molecule has 1 N–H and O–H groups in total. The minimum Gasteiger partial charge on any atom is -0.311 e. The molecule has 1 saturated carbocycles. The van der Waals surface area contributed by atoms with Crippen molar-refractivity contribution in [1.29, 1.82) is 0 Å². The van der Waals surface area contributed by atoms with Crippen LogP contribution in [0.2, 0.25) is 0 Å². The van der Waals surface area contributed by atoms with Crippen molar-refractivity contribution in [1.82, 2.24) is 10.2 Å². The summed E-state index contributed by atoms with van der Waals surface area (Å²) < 4.78 is 0. The van der Waals surface area contributed by atoms with Crippen molar-refractivity contribution in [3.05, 3.63) is 0 Å². The molecule has 17 heavy (non-hydrogen) atoms. The maximum absolute atomic E-state index is 3.67. The van der Waals surface area contributed by atoms with Crippen LogP contribution in [0.5, 0.6) is 0 Å². The molecule has 2 aliphatic rings. The Morgan fingerprint density at radius 3 is 2.71 bits per heavy atom. The van der Waals surface area contributed by atoms with Gasteiger partial charge in [0.25, 0.3) is 0 Å². The van der Waals surface area contributed by atoms with Crippen LogP contribution in [0.15, 0.2) is 0 Å². The second-order valence-electron chi connectivity index (χ2n) is 6.11. The highest BCUT2D eigenvalue weighted by atomic mass is 15.2. The third kappa shape index (κ3) is 3.03. The molecule has 1 aliphatic heterocycles. The topological polar surface area (TPSA) is 15.3 Å². The molecule has 4 unspecified atom stereocenters. The summed E-state index contributed by atoms with van der Waals surface area (Å²) in [5.74, 6) is 1.90. The molecule has 1 heterocycles. The number of hydrogen-bond acceptors (Lipinski definition) is 2. The lowest BCUT2D eigenvalue weighted by Gasteiger charge is -2.39. The summed E-state index contributed by atoms with van der Waals surface area (Å²) in [5, 5.41) is 3.67. The predicted molar refractivity (Wildman–Crippen MR) is 74.2 cm³/mol. The van der Waals surface area contributed by atoms with Crippen molar-refractivity contribution in [2.75, 3.05) is 19.6 Å². The SMILES string of the molecule is CCCC1CN(C2CCC(CC)C2C)CCN1. The van der Waals surface area contributed by atoms with Crippen LogP contribution >= 0.6 is 0 Å². The van der Waals surface area contributed by atoms with E-state index in [1.165, 1.54) is 51.7 Å². The summed E-state index contributed by atoms with van der Waals surface area (Å²) in [6, 6.07) is 1.63. The first-order chi connectivity index (χ1) is 8.26. The summed E-state index contributed by atoms with van der Waals surface area (Å²) in [6.45, 7) is 10.9. The third-order valence-electron chi connectivity index (χ3n) is 5.10. The Morgan fingerprint density at radius 2 is 2.06 bits per heavy atom. The van der Waals surface area contributed by atoms with Crippen molar-refractivity contribution < 1.29 is 0 Å².